The minimum Gasteiger partial charge on any atom is -0.459 e. The van der Waals surface area contributed by atoms with Gasteiger partial charge in [-0.3, -0.25) is 9.59 Å². The van der Waals surface area contributed by atoms with Gasteiger partial charge in [0.25, 0.3) is 0 Å². The topological polar surface area (TPSA) is 99.1 Å². The van der Waals surface area contributed by atoms with Gasteiger partial charge in [0, 0.05) is 18.9 Å². The van der Waals surface area contributed by atoms with Crippen molar-refractivity contribution in [1.82, 2.24) is 0 Å². The molecule has 0 spiro atoms. The molecule has 6 unspecified atom stereocenters. The van der Waals surface area contributed by atoms with Crippen molar-refractivity contribution in [1.29, 1.82) is 0 Å². The number of hydrogen-bond donors (Lipinski definition) is 1. The molecule has 0 radical (unpaired) electrons. The summed E-state index contributed by atoms with van der Waals surface area (Å²) >= 11 is 0. The molecule has 0 aromatic rings. The molecular formula is C22H32O7. The van der Waals surface area contributed by atoms with Crippen molar-refractivity contribution in [2.75, 3.05) is 0 Å². The number of Topliss-reactive ketones (excluding diaryl/α,β-unsaturated/α-hetero) is 1. The van der Waals surface area contributed by atoms with Gasteiger partial charge in [0.15, 0.2) is 11.4 Å². The monoisotopic (exact) mass is 408 g/mol. The Bertz CT molecular complexity index is 727. The van der Waals surface area contributed by atoms with Gasteiger partial charge in [0.2, 0.25) is 0 Å². The van der Waals surface area contributed by atoms with E-state index in [0.29, 0.717) is 37.7 Å². The third kappa shape index (κ3) is 4.26. The fraction of sp³-hybridized carbons (Fsp3) is 0.773. The highest BCUT2D eigenvalue weighted by molar-refractivity contribution is 5.94. The van der Waals surface area contributed by atoms with E-state index in [4.69, 9.17) is 14.2 Å². The summed E-state index contributed by atoms with van der Waals surface area (Å²) in [6.07, 6.45) is 1.62. The summed E-state index contributed by atoms with van der Waals surface area (Å²) in [7, 11) is 0. The second-order valence-electron chi connectivity index (χ2n) is 9.45. The zero-order chi connectivity index (χ0) is 21.6. The molecule has 3 aliphatic rings. The zero-order valence-electron chi connectivity index (χ0n) is 17.8. The Morgan fingerprint density at radius 2 is 1.86 bits per heavy atom. The lowest BCUT2D eigenvalue weighted by Crippen LogP contribution is -2.47. The molecule has 0 amide bonds. The predicted molar refractivity (Wildman–Crippen MR) is 104 cm³/mol. The molecule has 3 heterocycles. The van der Waals surface area contributed by atoms with Gasteiger partial charge >= 0.3 is 11.9 Å². The van der Waals surface area contributed by atoms with E-state index in [2.05, 4.69) is 6.58 Å². The predicted octanol–water partition coefficient (Wildman–Crippen LogP) is 2.63. The van der Waals surface area contributed by atoms with Gasteiger partial charge in [-0.25, -0.2) is 4.79 Å². The quantitative estimate of drug-likeness (QED) is 0.526. The number of hydrogen-bond acceptors (Lipinski definition) is 7. The maximum absolute atomic E-state index is 12.9. The van der Waals surface area contributed by atoms with Crippen molar-refractivity contribution in [3.63, 3.8) is 0 Å². The summed E-state index contributed by atoms with van der Waals surface area (Å²) in [6, 6.07) is 0. The van der Waals surface area contributed by atoms with Gasteiger partial charge in [0.05, 0.1) is 11.7 Å². The highest BCUT2D eigenvalue weighted by atomic mass is 16.6. The maximum atomic E-state index is 12.9. The number of fused-ring (bicyclic) bond motifs is 5. The van der Waals surface area contributed by atoms with Crippen LogP contribution in [0.5, 0.6) is 0 Å². The molecule has 4 bridgehead atoms. The van der Waals surface area contributed by atoms with E-state index in [9.17, 15) is 19.5 Å². The average molecular weight is 408 g/mol. The van der Waals surface area contributed by atoms with Crippen LogP contribution in [0.15, 0.2) is 12.2 Å². The molecule has 3 rings (SSSR count). The van der Waals surface area contributed by atoms with Crippen LogP contribution in [-0.4, -0.2) is 51.8 Å². The lowest BCUT2D eigenvalue weighted by molar-refractivity contribution is -0.185. The Morgan fingerprint density at radius 1 is 1.17 bits per heavy atom. The normalized spacial score (nSPS) is 43.6. The van der Waals surface area contributed by atoms with Crippen molar-refractivity contribution in [3.05, 3.63) is 12.2 Å². The van der Waals surface area contributed by atoms with E-state index >= 15 is 0 Å². The summed E-state index contributed by atoms with van der Waals surface area (Å²) < 4.78 is 17.5. The van der Waals surface area contributed by atoms with E-state index < -0.39 is 40.9 Å². The molecular weight excluding hydrogens is 376 g/mol. The largest absolute Gasteiger partial charge is 0.459 e. The summed E-state index contributed by atoms with van der Waals surface area (Å²) in [5.41, 5.74) is -2.97. The minimum absolute atomic E-state index is 0.0812. The van der Waals surface area contributed by atoms with Crippen LogP contribution in [0, 0.1) is 5.92 Å². The third-order valence-corrected chi connectivity index (χ3v) is 6.99. The molecule has 0 aliphatic carbocycles. The number of ether oxygens (including phenoxy) is 3. The standard InChI is InChI=1S/C22H32O7/c1-13-15-6-10-21(4,29-19(13)25)16(24)7-9-20(3,26)17-8-11-22(5,28-17)18(12-15)27-14(2)23/h15,17-18,26H,1,6-12H2,2-5H3. The van der Waals surface area contributed by atoms with Crippen LogP contribution in [0.2, 0.25) is 0 Å². The SMILES string of the molecule is C=C1C(=O)OC2(C)CCC1CC(OC(C)=O)C1(C)CCC(O1)C(C)(O)CCC2=O. The second-order valence-corrected chi connectivity index (χ2v) is 9.45. The molecule has 0 saturated carbocycles. The summed E-state index contributed by atoms with van der Waals surface area (Å²) in [6.45, 7) is 10.4. The van der Waals surface area contributed by atoms with Crippen LogP contribution >= 0.6 is 0 Å². The minimum atomic E-state index is -1.25. The first-order chi connectivity index (χ1) is 13.4. The second kappa shape index (κ2) is 7.51. The Hall–Kier alpha value is -1.73. The first kappa shape index (κ1) is 22.0. The molecule has 1 N–H and O–H groups in total. The number of esters is 2. The molecule has 0 aromatic carbocycles. The van der Waals surface area contributed by atoms with Gasteiger partial charge in [-0.15, -0.1) is 0 Å². The average Bonchev–Trinajstić information content (AvgIpc) is 3.00. The zero-order valence-corrected chi connectivity index (χ0v) is 17.8. The first-order valence-corrected chi connectivity index (χ1v) is 10.4. The number of aliphatic hydroxyl groups is 1. The van der Waals surface area contributed by atoms with E-state index in [0.717, 1.165) is 0 Å². The van der Waals surface area contributed by atoms with Crippen LogP contribution in [0.25, 0.3) is 0 Å². The van der Waals surface area contributed by atoms with Gasteiger partial charge in [-0.1, -0.05) is 6.58 Å². The van der Waals surface area contributed by atoms with Gasteiger partial charge in [0.1, 0.15) is 11.7 Å². The highest BCUT2D eigenvalue weighted by Crippen LogP contribution is 2.44. The fourth-order valence-electron chi connectivity index (χ4n) is 4.78. The van der Waals surface area contributed by atoms with E-state index in [1.165, 1.54) is 6.92 Å². The fourth-order valence-corrected chi connectivity index (χ4v) is 4.78. The summed E-state index contributed by atoms with van der Waals surface area (Å²) in [4.78, 5) is 37.4. The Kier molecular flexibility index (Phi) is 5.69. The molecule has 7 heteroatoms. The van der Waals surface area contributed by atoms with Crippen LogP contribution in [0.3, 0.4) is 0 Å². The molecule has 6 atom stereocenters. The van der Waals surface area contributed by atoms with Crippen LogP contribution < -0.4 is 0 Å². The molecule has 3 aliphatic heterocycles. The lowest BCUT2D eigenvalue weighted by Gasteiger charge is -2.37. The number of carbonyl (C=O) groups excluding carboxylic acids is 3. The molecule has 162 valence electrons. The maximum Gasteiger partial charge on any atom is 0.334 e. The van der Waals surface area contributed by atoms with Gasteiger partial charge < -0.3 is 19.3 Å². The molecule has 3 saturated heterocycles. The summed E-state index contributed by atoms with van der Waals surface area (Å²) in [5, 5.41) is 11.0. The molecule has 29 heavy (non-hydrogen) atoms. The van der Waals surface area contributed by atoms with Crippen LogP contribution in [-0.2, 0) is 28.6 Å². The number of rotatable bonds is 1. The van der Waals surface area contributed by atoms with E-state index in [1.807, 2.05) is 6.92 Å². The Labute approximate surface area is 171 Å². The van der Waals surface area contributed by atoms with E-state index in [-0.39, 0.29) is 24.5 Å². The van der Waals surface area contributed by atoms with Crippen molar-refractivity contribution >= 4 is 17.7 Å². The van der Waals surface area contributed by atoms with Crippen LogP contribution in [0.4, 0.5) is 0 Å². The smallest absolute Gasteiger partial charge is 0.334 e. The molecule has 0 aromatic heterocycles. The third-order valence-electron chi connectivity index (χ3n) is 6.99. The van der Waals surface area contributed by atoms with E-state index in [1.54, 1.807) is 13.8 Å². The van der Waals surface area contributed by atoms with Crippen molar-refractivity contribution in [2.24, 2.45) is 5.92 Å². The molecule has 7 nitrogen and oxygen atoms in total. The number of carbonyl (C=O) groups is 3. The highest BCUT2D eigenvalue weighted by Gasteiger charge is 2.52. The van der Waals surface area contributed by atoms with Crippen molar-refractivity contribution in [2.45, 2.75) is 102 Å². The molecule has 3 fully saturated rings. The summed E-state index contributed by atoms with van der Waals surface area (Å²) in [5.74, 6) is -1.52. The van der Waals surface area contributed by atoms with Crippen molar-refractivity contribution < 1.29 is 33.7 Å². The van der Waals surface area contributed by atoms with Gasteiger partial charge in [-0.05, 0) is 65.2 Å². The number of ketones is 1. The first-order valence-electron chi connectivity index (χ1n) is 10.4. The van der Waals surface area contributed by atoms with Crippen LogP contribution in [0.1, 0.15) is 72.6 Å². The van der Waals surface area contributed by atoms with Crippen molar-refractivity contribution in [3.8, 4) is 0 Å². The lowest BCUT2D eigenvalue weighted by atomic mass is 9.80. The Balaban J connectivity index is 2.02. The Morgan fingerprint density at radius 3 is 2.52 bits per heavy atom. The van der Waals surface area contributed by atoms with Gasteiger partial charge in [-0.2, -0.15) is 0 Å².